The van der Waals surface area contributed by atoms with Gasteiger partial charge in [-0.3, -0.25) is 9.59 Å². The van der Waals surface area contributed by atoms with Gasteiger partial charge in [0, 0.05) is 14.6 Å². The molecule has 6 nitrogen and oxygen atoms in total. The van der Waals surface area contributed by atoms with Crippen molar-refractivity contribution in [3.8, 4) is 11.5 Å². The molecule has 162 valence electrons. The lowest BCUT2D eigenvalue weighted by molar-refractivity contribution is -0.113. The van der Waals surface area contributed by atoms with Gasteiger partial charge in [-0.1, -0.05) is 34.1 Å². The largest absolute Gasteiger partial charge is 0.454 e. The molecule has 0 atom stereocenters. The Morgan fingerprint density at radius 2 is 1.72 bits per heavy atom. The second-order valence-corrected chi connectivity index (χ2v) is 8.73. The van der Waals surface area contributed by atoms with E-state index in [0.29, 0.717) is 32.8 Å². The van der Waals surface area contributed by atoms with Crippen molar-refractivity contribution < 1.29 is 19.1 Å². The van der Waals surface area contributed by atoms with Gasteiger partial charge in [0.15, 0.2) is 11.5 Å². The van der Waals surface area contributed by atoms with E-state index in [1.54, 1.807) is 48.5 Å². The summed E-state index contributed by atoms with van der Waals surface area (Å²) in [5.74, 6) is 0.353. The van der Waals surface area contributed by atoms with Crippen molar-refractivity contribution in [2.75, 3.05) is 12.1 Å². The normalized spacial score (nSPS) is 12.4. The van der Waals surface area contributed by atoms with Gasteiger partial charge in [0.2, 0.25) is 6.79 Å². The Morgan fingerprint density at radius 3 is 2.50 bits per heavy atom. The van der Waals surface area contributed by atoms with E-state index in [2.05, 4.69) is 42.5 Å². The molecule has 0 radical (unpaired) electrons. The van der Waals surface area contributed by atoms with Crippen molar-refractivity contribution in [3.05, 3.63) is 92.0 Å². The Bertz CT molecular complexity index is 1240. The highest BCUT2D eigenvalue weighted by Gasteiger charge is 2.18. The van der Waals surface area contributed by atoms with Crippen LogP contribution in [0.1, 0.15) is 21.5 Å². The van der Waals surface area contributed by atoms with Crippen LogP contribution < -0.4 is 20.1 Å². The minimum absolute atomic E-state index is 0.0881. The van der Waals surface area contributed by atoms with Crippen molar-refractivity contribution >= 4 is 55.4 Å². The molecule has 0 fully saturated rings. The summed E-state index contributed by atoms with van der Waals surface area (Å²) in [7, 11) is 0. The fourth-order valence-electron chi connectivity index (χ4n) is 3.08. The number of aryl methyl sites for hydroxylation is 1. The van der Waals surface area contributed by atoms with E-state index in [-0.39, 0.29) is 12.5 Å². The van der Waals surface area contributed by atoms with Crippen molar-refractivity contribution in [1.82, 2.24) is 5.32 Å². The molecule has 8 heteroatoms. The molecule has 0 aliphatic carbocycles. The van der Waals surface area contributed by atoms with Crippen LogP contribution in [-0.2, 0) is 4.79 Å². The Hall–Kier alpha value is -3.10. The standard InChI is InChI=1S/C24H18Br2N2O4/c1-14-10-16(7-8-18(14)25)27-24(30)20(28-23(29)17-4-2-3-5-19(17)26)11-15-6-9-21-22(12-15)32-13-31-21/h2-12H,13H2,1H3,(H,27,30)(H,28,29)/b20-11-. The highest BCUT2D eigenvalue weighted by Crippen LogP contribution is 2.33. The number of hydrogen-bond donors (Lipinski definition) is 2. The molecule has 0 unspecified atom stereocenters. The van der Waals surface area contributed by atoms with Crippen LogP contribution in [0.3, 0.4) is 0 Å². The predicted octanol–water partition coefficient (Wildman–Crippen LogP) is 5.66. The lowest BCUT2D eigenvalue weighted by atomic mass is 10.1. The van der Waals surface area contributed by atoms with Gasteiger partial charge < -0.3 is 20.1 Å². The number of benzene rings is 3. The number of carbonyl (C=O) groups excluding carboxylic acids is 2. The third-order valence-corrected chi connectivity index (χ3v) is 6.32. The highest BCUT2D eigenvalue weighted by molar-refractivity contribution is 9.10. The van der Waals surface area contributed by atoms with Crippen LogP contribution in [0.15, 0.2) is 75.3 Å². The second-order valence-electron chi connectivity index (χ2n) is 7.02. The van der Waals surface area contributed by atoms with E-state index in [4.69, 9.17) is 9.47 Å². The van der Waals surface area contributed by atoms with E-state index in [1.807, 2.05) is 25.1 Å². The van der Waals surface area contributed by atoms with Crippen LogP contribution in [0.4, 0.5) is 5.69 Å². The molecule has 1 aliphatic heterocycles. The van der Waals surface area contributed by atoms with Gasteiger partial charge in [0.25, 0.3) is 11.8 Å². The summed E-state index contributed by atoms with van der Waals surface area (Å²) in [5, 5.41) is 5.58. The summed E-state index contributed by atoms with van der Waals surface area (Å²) >= 11 is 6.83. The molecule has 3 aromatic rings. The average Bonchev–Trinajstić information content (AvgIpc) is 3.24. The number of fused-ring (bicyclic) bond motifs is 1. The quantitative estimate of drug-likeness (QED) is 0.397. The van der Waals surface area contributed by atoms with Crippen LogP contribution in [0, 0.1) is 6.92 Å². The summed E-state index contributed by atoms with van der Waals surface area (Å²) < 4.78 is 12.3. The number of hydrogen-bond acceptors (Lipinski definition) is 4. The zero-order valence-corrected chi connectivity index (χ0v) is 20.1. The van der Waals surface area contributed by atoms with Crippen LogP contribution >= 0.6 is 31.9 Å². The number of anilines is 1. The Kier molecular flexibility index (Phi) is 6.62. The monoisotopic (exact) mass is 556 g/mol. The first-order valence-electron chi connectivity index (χ1n) is 9.65. The van der Waals surface area contributed by atoms with Gasteiger partial charge in [-0.05, 0) is 82.5 Å². The zero-order chi connectivity index (χ0) is 22.7. The minimum Gasteiger partial charge on any atom is -0.454 e. The molecule has 2 N–H and O–H groups in total. The topological polar surface area (TPSA) is 76.7 Å². The molecule has 1 aliphatic rings. The Morgan fingerprint density at radius 1 is 0.938 bits per heavy atom. The van der Waals surface area contributed by atoms with Gasteiger partial charge in [-0.25, -0.2) is 0 Å². The minimum atomic E-state index is -0.454. The fourth-order valence-corrected chi connectivity index (χ4v) is 3.80. The molecule has 0 saturated heterocycles. The summed E-state index contributed by atoms with van der Waals surface area (Å²) in [4.78, 5) is 26.0. The molecule has 32 heavy (non-hydrogen) atoms. The molecular weight excluding hydrogens is 540 g/mol. The molecule has 3 aromatic carbocycles. The third kappa shape index (κ3) is 5.03. The molecule has 0 aromatic heterocycles. The fraction of sp³-hybridized carbons (Fsp3) is 0.0833. The second kappa shape index (κ2) is 9.58. The maximum Gasteiger partial charge on any atom is 0.272 e. The molecule has 0 spiro atoms. The van der Waals surface area contributed by atoms with Gasteiger partial charge >= 0.3 is 0 Å². The number of nitrogens with one attached hydrogen (secondary N) is 2. The highest BCUT2D eigenvalue weighted by atomic mass is 79.9. The average molecular weight is 558 g/mol. The maximum absolute atomic E-state index is 13.1. The summed E-state index contributed by atoms with van der Waals surface area (Å²) in [6, 6.07) is 17.8. The molecule has 4 rings (SSSR count). The van der Waals surface area contributed by atoms with Crippen LogP contribution in [0.5, 0.6) is 11.5 Å². The predicted molar refractivity (Wildman–Crippen MR) is 130 cm³/mol. The number of amides is 2. The lowest BCUT2D eigenvalue weighted by Crippen LogP contribution is -2.31. The van der Waals surface area contributed by atoms with Crippen molar-refractivity contribution in [3.63, 3.8) is 0 Å². The first kappa shape index (κ1) is 22.1. The lowest BCUT2D eigenvalue weighted by Gasteiger charge is -2.13. The smallest absolute Gasteiger partial charge is 0.272 e. The Labute approximate surface area is 201 Å². The molecule has 0 saturated carbocycles. The summed E-state index contributed by atoms with van der Waals surface area (Å²) in [6.07, 6.45) is 1.59. The first-order valence-corrected chi connectivity index (χ1v) is 11.2. The molecule has 1 heterocycles. The summed E-state index contributed by atoms with van der Waals surface area (Å²) in [6.45, 7) is 2.08. The van der Waals surface area contributed by atoms with Crippen LogP contribution in [0.2, 0.25) is 0 Å². The van der Waals surface area contributed by atoms with E-state index in [9.17, 15) is 9.59 Å². The number of carbonyl (C=O) groups is 2. The first-order chi connectivity index (χ1) is 15.4. The zero-order valence-electron chi connectivity index (χ0n) is 16.9. The van der Waals surface area contributed by atoms with E-state index >= 15 is 0 Å². The maximum atomic E-state index is 13.1. The molecule has 2 amide bonds. The third-order valence-electron chi connectivity index (χ3n) is 4.73. The van der Waals surface area contributed by atoms with Gasteiger partial charge in [-0.2, -0.15) is 0 Å². The number of rotatable bonds is 5. The van der Waals surface area contributed by atoms with Gasteiger partial charge in [-0.15, -0.1) is 0 Å². The number of ether oxygens (including phenoxy) is 2. The van der Waals surface area contributed by atoms with Crippen LogP contribution in [-0.4, -0.2) is 18.6 Å². The van der Waals surface area contributed by atoms with Crippen molar-refractivity contribution in [1.29, 1.82) is 0 Å². The van der Waals surface area contributed by atoms with Crippen molar-refractivity contribution in [2.45, 2.75) is 6.92 Å². The van der Waals surface area contributed by atoms with Crippen LogP contribution in [0.25, 0.3) is 6.08 Å². The van der Waals surface area contributed by atoms with E-state index in [1.165, 1.54) is 0 Å². The van der Waals surface area contributed by atoms with Gasteiger partial charge in [0.1, 0.15) is 5.70 Å². The SMILES string of the molecule is Cc1cc(NC(=O)/C(=C/c2ccc3c(c2)OCO3)NC(=O)c2ccccc2Br)ccc1Br. The van der Waals surface area contributed by atoms with E-state index < -0.39 is 11.8 Å². The molecule has 0 bridgehead atoms. The summed E-state index contributed by atoms with van der Waals surface area (Å²) in [5.41, 5.74) is 2.77. The number of halogens is 2. The van der Waals surface area contributed by atoms with Gasteiger partial charge in [0.05, 0.1) is 5.56 Å². The van der Waals surface area contributed by atoms with E-state index in [0.717, 1.165) is 10.0 Å². The Balaban J connectivity index is 1.65. The molecular formula is C24H18Br2N2O4. The van der Waals surface area contributed by atoms with Crippen molar-refractivity contribution in [2.24, 2.45) is 0 Å².